The molecule has 18 heavy (non-hydrogen) atoms. The zero-order valence-corrected chi connectivity index (χ0v) is 11.8. The van der Waals surface area contributed by atoms with Crippen LogP contribution in [-0.4, -0.2) is 26.8 Å². The Morgan fingerprint density at radius 1 is 1.28 bits per heavy atom. The summed E-state index contributed by atoms with van der Waals surface area (Å²) in [5, 5.41) is 3.35. The molecule has 0 radical (unpaired) electrons. The molecule has 0 aliphatic rings. The summed E-state index contributed by atoms with van der Waals surface area (Å²) in [7, 11) is 1.73. The minimum Gasteiger partial charge on any atom is -0.383 e. The van der Waals surface area contributed by atoms with E-state index in [0.717, 1.165) is 32.5 Å². The summed E-state index contributed by atoms with van der Waals surface area (Å²) < 4.78 is 4.98. The molecule has 0 atom stereocenters. The third kappa shape index (κ3) is 5.99. The molecule has 0 saturated heterocycles. The molecule has 0 spiro atoms. The Hall–Kier alpha value is -1.12. The Labute approximate surface area is 111 Å². The molecule has 0 bridgehead atoms. The van der Waals surface area contributed by atoms with Gasteiger partial charge < -0.3 is 10.1 Å². The van der Waals surface area contributed by atoms with Crippen LogP contribution in [0.4, 0.5) is 0 Å². The minimum atomic E-state index is 0.784. The van der Waals surface area contributed by atoms with E-state index in [1.54, 1.807) is 7.11 Å². The Balaban J connectivity index is 2.28. The van der Waals surface area contributed by atoms with Gasteiger partial charge in [-0.05, 0) is 44.4 Å². The van der Waals surface area contributed by atoms with E-state index >= 15 is 0 Å². The predicted molar refractivity (Wildman–Crippen MR) is 78.0 cm³/mol. The second-order valence-electron chi connectivity index (χ2n) is 4.69. The standard InChI is InChI=1S/C16H25NO/c1-14(7-6-10-17-11-12-18-3)13-16-9-5-4-8-15(16)2/h4-5,7-9,17H,6,10-13H2,1-3H3. The first-order chi connectivity index (χ1) is 8.74. The first-order valence-corrected chi connectivity index (χ1v) is 6.64. The van der Waals surface area contributed by atoms with Gasteiger partial charge in [0.1, 0.15) is 0 Å². The van der Waals surface area contributed by atoms with E-state index in [2.05, 4.69) is 49.5 Å². The summed E-state index contributed by atoms with van der Waals surface area (Å²) in [6.07, 6.45) is 4.47. The number of benzene rings is 1. The van der Waals surface area contributed by atoms with Gasteiger partial charge in [-0.3, -0.25) is 0 Å². The zero-order chi connectivity index (χ0) is 13.2. The van der Waals surface area contributed by atoms with Gasteiger partial charge in [0.15, 0.2) is 0 Å². The second kappa shape index (κ2) is 8.90. The van der Waals surface area contributed by atoms with E-state index in [0.29, 0.717) is 0 Å². The highest BCUT2D eigenvalue weighted by Crippen LogP contribution is 2.12. The third-order valence-corrected chi connectivity index (χ3v) is 3.03. The number of hydrogen-bond donors (Lipinski definition) is 1. The molecule has 0 unspecified atom stereocenters. The average Bonchev–Trinajstić information content (AvgIpc) is 2.36. The summed E-state index contributed by atoms with van der Waals surface area (Å²) in [6.45, 7) is 7.12. The highest BCUT2D eigenvalue weighted by atomic mass is 16.5. The molecule has 1 N–H and O–H groups in total. The van der Waals surface area contributed by atoms with Crippen LogP contribution >= 0.6 is 0 Å². The monoisotopic (exact) mass is 247 g/mol. The van der Waals surface area contributed by atoms with Gasteiger partial charge in [0, 0.05) is 13.7 Å². The molecule has 0 amide bonds. The summed E-state index contributed by atoms with van der Waals surface area (Å²) in [4.78, 5) is 0. The van der Waals surface area contributed by atoms with Crippen molar-refractivity contribution in [3.63, 3.8) is 0 Å². The van der Waals surface area contributed by atoms with Gasteiger partial charge in [0.25, 0.3) is 0 Å². The van der Waals surface area contributed by atoms with Crippen molar-refractivity contribution in [2.45, 2.75) is 26.7 Å². The molecule has 1 rings (SSSR count). The van der Waals surface area contributed by atoms with Crippen LogP contribution in [0, 0.1) is 6.92 Å². The highest BCUT2D eigenvalue weighted by molar-refractivity contribution is 5.29. The van der Waals surface area contributed by atoms with Crippen LogP contribution in [0.2, 0.25) is 0 Å². The van der Waals surface area contributed by atoms with Crippen molar-refractivity contribution >= 4 is 0 Å². The lowest BCUT2D eigenvalue weighted by Gasteiger charge is -2.06. The summed E-state index contributed by atoms with van der Waals surface area (Å²) >= 11 is 0. The first kappa shape index (κ1) is 14.9. The van der Waals surface area contributed by atoms with Gasteiger partial charge in [-0.2, -0.15) is 0 Å². The fourth-order valence-corrected chi connectivity index (χ4v) is 1.90. The van der Waals surface area contributed by atoms with Crippen molar-refractivity contribution in [1.29, 1.82) is 0 Å². The van der Waals surface area contributed by atoms with Crippen molar-refractivity contribution in [3.05, 3.63) is 47.0 Å². The third-order valence-electron chi connectivity index (χ3n) is 3.03. The summed E-state index contributed by atoms with van der Waals surface area (Å²) in [6, 6.07) is 8.60. The molecular weight excluding hydrogens is 222 g/mol. The highest BCUT2D eigenvalue weighted by Gasteiger charge is 1.97. The van der Waals surface area contributed by atoms with Crippen molar-refractivity contribution in [3.8, 4) is 0 Å². The average molecular weight is 247 g/mol. The van der Waals surface area contributed by atoms with E-state index in [-0.39, 0.29) is 0 Å². The SMILES string of the molecule is COCCNCCC=C(C)Cc1ccccc1C. The maximum absolute atomic E-state index is 4.98. The van der Waals surface area contributed by atoms with Crippen LogP contribution in [0.25, 0.3) is 0 Å². The Morgan fingerprint density at radius 2 is 2.06 bits per heavy atom. The van der Waals surface area contributed by atoms with Crippen LogP contribution in [-0.2, 0) is 11.2 Å². The quantitative estimate of drug-likeness (QED) is 0.563. The van der Waals surface area contributed by atoms with Crippen molar-refractivity contribution in [1.82, 2.24) is 5.32 Å². The molecule has 1 aromatic carbocycles. The Kier molecular flexibility index (Phi) is 7.38. The molecule has 100 valence electrons. The van der Waals surface area contributed by atoms with Crippen molar-refractivity contribution in [2.75, 3.05) is 26.8 Å². The van der Waals surface area contributed by atoms with E-state index in [1.807, 2.05) is 0 Å². The number of nitrogens with one attached hydrogen (secondary N) is 1. The van der Waals surface area contributed by atoms with Crippen LogP contribution in [0.5, 0.6) is 0 Å². The number of allylic oxidation sites excluding steroid dienone is 1. The topological polar surface area (TPSA) is 21.3 Å². The molecule has 0 saturated carbocycles. The summed E-state index contributed by atoms with van der Waals surface area (Å²) in [5.74, 6) is 0. The second-order valence-corrected chi connectivity index (χ2v) is 4.69. The van der Waals surface area contributed by atoms with Gasteiger partial charge >= 0.3 is 0 Å². The van der Waals surface area contributed by atoms with E-state index in [4.69, 9.17) is 4.74 Å². The first-order valence-electron chi connectivity index (χ1n) is 6.64. The van der Waals surface area contributed by atoms with Crippen LogP contribution < -0.4 is 5.32 Å². The van der Waals surface area contributed by atoms with Crippen molar-refractivity contribution < 1.29 is 4.74 Å². The Morgan fingerprint density at radius 3 is 2.78 bits per heavy atom. The maximum Gasteiger partial charge on any atom is 0.0587 e. The minimum absolute atomic E-state index is 0.784. The fraction of sp³-hybridized carbons (Fsp3) is 0.500. The molecule has 0 heterocycles. The fourth-order valence-electron chi connectivity index (χ4n) is 1.90. The van der Waals surface area contributed by atoms with Gasteiger partial charge in [-0.1, -0.05) is 35.9 Å². The molecule has 2 nitrogen and oxygen atoms in total. The molecule has 0 aromatic heterocycles. The summed E-state index contributed by atoms with van der Waals surface area (Å²) in [5.41, 5.74) is 4.25. The van der Waals surface area contributed by atoms with E-state index < -0.39 is 0 Å². The number of aryl methyl sites for hydroxylation is 1. The van der Waals surface area contributed by atoms with Crippen molar-refractivity contribution in [2.24, 2.45) is 0 Å². The molecular formula is C16H25NO. The van der Waals surface area contributed by atoms with E-state index in [1.165, 1.54) is 16.7 Å². The van der Waals surface area contributed by atoms with Crippen LogP contribution in [0.3, 0.4) is 0 Å². The lowest BCUT2D eigenvalue weighted by Crippen LogP contribution is -2.19. The van der Waals surface area contributed by atoms with Crippen LogP contribution in [0.1, 0.15) is 24.5 Å². The predicted octanol–water partition coefficient (Wildman–Crippen LogP) is 3.11. The molecule has 0 aliphatic carbocycles. The number of rotatable bonds is 8. The molecule has 1 aromatic rings. The maximum atomic E-state index is 4.98. The molecule has 0 aliphatic heterocycles. The largest absolute Gasteiger partial charge is 0.383 e. The smallest absolute Gasteiger partial charge is 0.0587 e. The van der Waals surface area contributed by atoms with Gasteiger partial charge in [0.2, 0.25) is 0 Å². The number of methoxy groups -OCH3 is 1. The number of ether oxygens (including phenoxy) is 1. The van der Waals surface area contributed by atoms with Gasteiger partial charge in [-0.25, -0.2) is 0 Å². The van der Waals surface area contributed by atoms with Gasteiger partial charge in [-0.15, -0.1) is 0 Å². The zero-order valence-electron chi connectivity index (χ0n) is 11.8. The number of hydrogen-bond acceptors (Lipinski definition) is 2. The van der Waals surface area contributed by atoms with E-state index in [9.17, 15) is 0 Å². The Bertz CT molecular complexity index is 371. The normalized spacial score (nSPS) is 11.8. The van der Waals surface area contributed by atoms with Gasteiger partial charge in [0.05, 0.1) is 6.61 Å². The molecule has 2 heteroatoms. The lowest BCUT2D eigenvalue weighted by molar-refractivity contribution is 0.199. The van der Waals surface area contributed by atoms with Crippen LogP contribution in [0.15, 0.2) is 35.9 Å². The molecule has 0 fully saturated rings. The lowest BCUT2D eigenvalue weighted by atomic mass is 10.0.